The molecule has 0 aliphatic heterocycles. The summed E-state index contributed by atoms with van der Waals surface area (Å²) in [7, 11) is 1.73. The third-order valence-corrected chi connectivity index (χ3v) is 4.28. The normalized spacial score (nSPS) is 28.8. The lowest BCUT2D eigenvalue weighted by atomic mass is 9.74. The van der Waals surface area contributed by atoms with Crippen LogP contribution in [0.2, 0.25) is 0 Å². The van der Waals surface area contributed by atoms with Gasteiger partial charge in [-0.15, -0.1) is 0 Å². The highest BCUT2D eigenvalue weighted by atomic mass is 16.5. The fraction of sp³-hybridized carbons (Fsp3) is 1.00. The molecule has 0 radical (unpaired) electrons. The van der Waals surface area contributed by atoms with Gasteiger partial charge in [-0.25, -0.2) is 0 Å². The standard InChI is InChI=1S/C15H31NO2/c1-5-16-12-15(18-11-10-17-4)8-6-14(7-9-15)13(2)3/h13-14,16H,5-12H2,1-4H3. The van der Waals surface area contributed by atoms with Gasteiger partial charge in [0.2, 0.25) is 0 Å². The SMILES string of the molecule is CCNCC1(OCCOC)CCC(C(C)C)CC1. The molecule has 0 aromatic heterocycles. The highest BCUT2D eigenvalue weighted by molar-refractivity contribution is 4.90. The molecule has 18 heavy (non-hydrogen) atoms. The Hall–Kier alpha value is -0.120. The second-order valence-corrected chi connectivity index (χ2v) is 5.89. The Labute approximate surface area is 113 Å². The summed E-state index contributed by atoms with van der Waals surface area (Å²) in [5.41, 5.74) is 0.0555. The number of hydrogen-bond acceptors (Lipinski definition) is 3. The minimum absolute atomic E-state index is 0.0555. The number of nitrogens with one attached hydrogen (secondary N) is 1. The maximum absolute atomic E-state index is 6.15. The summed E-state index contributed by atoms with van der Waals surface area (Å²) >= 11 is 0. The number of likely N-dealkylation sites (N-methyl/N-ethyl adjacent to an activating group) is 1. The van der Waals surface area contributed by atoms with Gasteiger partial charge in [-0.3, -0.25) is 0 Å². The van der Waals surface area contributed by atoms with Crippen molar-refractivity contribution in [2.45, 2.75) is 52.1 Å². The van der Waals surface area contributed by atoms with Crippen LogP contribution in [0.25, 0.3) is 0 Å². The first kappa shape index (κ1) is 15.9. The van der Waals surface area contributed by atoms with E-state index in [2.05, 4.69) is 26.1 Å². The molecule has 0 unspecified atom stereocenters. The lowest BCUT2D eigenvalue weighted by Gasteiger charge is -2.41. The van der Waals surface area contributed by atoms with Gasteiger partial charge in [-0.2, -0.15) is 0 Å². The smallest absolute Gasteiger partial charge is 0.0807 e. The predicted molar refractivity (Wildman–Crippen MR) is 75.9 cm³/mol. The fourth-order valence-electron chi connectivity index (χ4n) is 2.90. The molecule has 0 saturated heterocycles. The molecule has 0 atom stereocenters. The molecule has 0 aromatic carbocycles. The van der Waals surface area contributed by atoms with Gasteiger partial charge in [0.1, 0.15) is 0 Å². The van der Waals surface area contributed by atoms with E-state index in [0.29, 0.717) is 13.2 Å². The van der Waals surface area contributed by atoms with Crippen LogP contribution < -0.4 is 5.32 Å². The predicted octanol–water partition coefficient (Wildman–Crippen LogP) is 2.84. The number of rotatable bonds is 8. The Morgan fingerprint density at radius 2 is 1.89 bits per heavy atom. The summed E-state index contributed by atoms with van der Waals surface area (Å²) in [6.07, 6.45) is 4.98. The van der Waals surface area contributed by atoms with Crippen LogP contribution in [0, 0.1) is 11.8 Å². The van der Waals surface area contributed by atoms with Gasteiger partial charge in [0, 0.05) is 13.7 Å². The molecule has 1 aliphatic rings. The van der Waals surface area contributed by atoms with E-state index >= 15 is 0 Å². The van der Waals surface area contributed by atoms with E-state index in [1.54, 1.807) is 7.11 Å². The molecule has 0 bridgehead atoms. The number of hydrogen-bond donors (Lipinski definition) is 1. The molecule has 3 heteroatoms. The quantitative estimate of drug-likeness (QED) is 0.678. The van der Waals surface area contributed by atoms with E-state index in [9.17, 15) is 0 Å². The van der Waals surface area contributed by atoms with Crippen LogP contribution in [0.5, 0.6) is 0 Å². The van der Waals surface area contributed by atoms with E-state index in [1.807, 2.05) is 0 Å². The summed E-state index contributed by atoms with van der Waals surface area (Å²) in [5.74, 6) is 1.69. The summed E-state index contributed by atoms with van der Waals surface area (Å²) in [6.45, 7) is 10.3. The molecule has 1 rings (SSSR count). The Morgan fingerprint density at radius 3 is 2.39 bits per heavy atom. The molecule has 1 saturated carbocycles. The zero-order chi connectivity index (χ0) is 13.4. The number of methoxy groups -OCH3 is 1. The van der Waals surface area contributed by atoms with Crippen molar-refractivity contribution >= 4 is 0 Å². The van der Waals surface area contributed by atoms with E-state index in [4.69, 9.17) is 9.47 Å². The van der Waals surface area contributed by atoms with Gasteiger partial charge >= 0.3 is 0 Å². The third-order valence-electron chi connectivity index (χ3n) is 4.28. The van der Waals surface area contributed by atoms with Crippen molar-refractivity contribution in [2.75, 3.05) is 33.4 Å². The van der Waals surface area contributed by atoms with Crippen LogP contribution in [-0.4, -0.2) is 39.0 Å². The highest BCUT2D eigenvalue weighted by Gasteiger charge is 2.36. The minimum Gasteiger partial charge on any atom is -0.382 e. The summed E-state index contributed by atoms with van der Waals surface area (Å²) in [5, 5.41) is 3.46. The molecule has 1 aliphatic carbocycles. The van der Waals surface area contributed by atoms with Crippen molar-refractivity contribution in [3.63, 3.8) is 0 Å². The summed E-state index contributed by atoms with van der Waals surface area (Å²) in [4.78, 5) is 0. The highest BCUT2D eigenvalue weighted by Crippen LogP contribution is 2.37. The van der Waals surface area contributed by atoms with Crippen LogP contribution in [0.3, 0.4) is 0 Å². The molecule has 1 N–H and O–H groups in total. The van der Waals surface area contributed by atoms with Gasteiger partial charge in [0.25, 0.3) is 0 Å². The second-order valence-electron chi connectivity index (χ2n) is 5.89. The Bertz CT molecular complexity index is 211. The maximum atomic E-state index is 6.15. The molecular weight excluding hydrogens is 226 g/mol. The lowest BCUT2D eigenvalue weighted by molar-refractivity contribution is -0.0914. The van der Waals surface area contributed by atoms with Gasteiger partial charge in [-0.1, -0.05) is 20.8 Å². The lowest BCUT2D eigenvalue weighted by Crippen LogP contribution is -2.47. The average Bonchev–Trinajstić information content (AvgIpc) is 2.37. The first-order chi connectivity index (χ1) is 8.63. The molecule has 0 amide bonds. The van der Waals surface area contributed by atoms with Crippen LogP contribution in [0.4, 0.5) is 0 Å². The van der Waals surface area contributed by atoms with Crippen molar-refractivity contribution in [3.05, 3.63) is 0 Å². The molecule has 0 aromatic rings. The summed E-state index contributed by atoms with van der Waals surface area (Å²) < 4.78 is 11.2. The zero-order valence-electron chi connectivity index (χ0n) is 12.6. The van der Waals surface area contributed by atoms with Crippen LogP contribution >= 0.6 is 0 Å². The fourth-order valence-corrected chi connectivity index (χ4v) is 2.90. The first-order valence-electron chi connectivity index (χ1n) is 7.47. The molecule has 108 valence electrons. The van der Waals surface area contributed by atoms with Gasteiger partial charge in [-0.05, 0) is 44.1 Å². The number of ether oxygens (including phenoxy) is 2. The Kier molecular flexibility index (Phi) is 7.20. The van der Waals surface area contributed by atoms with Crippen molar-refractivity contribution in [2.24, 2.45) is 11.8 Å². The molecular formula is C15H31NO2. The zero-order valence-corrected chi connectivity index (χ0v) is 12.6. The monoisotopic (exact) mass is 257 g/mol. The van der Waals surface area contributed by atoms with Crippen molar-refractivity contribution in [1.82, 2.24) is 5.32 Å². The molecule has 1 fully saturated rings. The Morgan fingerprint density at radius 1 is 1.22 bits per heavy atom. The van der Waals surface area contributed by atoms with Gasteiger partial charge < -0.3 is 14.8 Å². The second kappa shape index (κ2) is 8.13. The van der Waals surface area contributed by atoms with Gasteiger partial charge in [0.15, 0.2) is 0 Å². The first-order valence-corrected chi connectivity index (χ1v) is 7.47. The molecule has 0 spiro atoms. The van der Waals surface area contributed by atoms with Gasteiger partial charge in [0.05, 0.1) is 18.8 Å². The molecule has 0 heterocycles. The Balaban J connectivity index is 2.46. The summed E-state index contributed by atoms with van der Waals surface area (Å²) in [6, 6.07) is 0. The van der Waals surface area contributed by atoms with Crippen molar-refractivity contribution in [1.29, 1.82) is 0 Å². The van der Waals surface area contributed by atoms with Crippen LogP contribution in [0.1, 0.15) is 46.5 Å². The van der Waals surface area contributed by atoms with E-state index in [-0.39, 0.29) is 5.60 Å². The topological polar surface area (TPSA) is 30.5 Å². The van der Waals surface area contributed by atoms with E-state index in [0.717, 1.165) is 24.9 Å². The van der Waals surface area contributed by atoms with Crippen LogP contribution in [-0.2, 0) is 9.47 Å². The van der Waals surface area contributed by atoms with E-state index < -0.39 is 0 Å². The van der Waals surface area contributed by atoms with Crippen molar-refractivity contribution in [3.8, 4) is 0 Å². The molecule has 3 nitrogen and oxygen atoms in total. The minimum atomic E-state index is 0.0555. The van der Waals surface area contributed by atoms with Crippen LogP contribution in [0.15, 0.2) is 0 Å². The maximum Gasteiger partial charge on any atom is 0.0807 e. The largest absolute Gasteiger partial charge is 0.382 e. The average molecular weight is 257 g/mol. The van der Waals surface area contributed by atoms with E-state index in [1.165, 1.54) is 25.7 Å². The third kappa shape index (κ3) is 4.87. The van der Waals surface area contributed by atoms with Crippen molar-refractivity contribution < 1.29 is 9.47 Å².